The average molecular weight is 617 g/mol. The Balaban J connectivity index is 1.38. The highest BCUT2D eigenvalue weighted by molar-refractivity contribution is 7.80. The van der Waals surface area contributed by atoms with Gasteiger partial charge in [0.15, 0.2) is 23.2 Å². The first kappa shape index (κ1) is 32.0. The predicted octanol–water partition coefficient (Wildman–Crippen LogP) is 4.86. The second kappa shape index (κ2) is 15.5. The smallest absolute Gasteiger partial charge is 0.338 e. The van der Waals surface area contributed by atoms with Gasteiger partial charge in [0.2, 0.25) is 0 Å². The lowest BCUT2D eigenvalue weighted by molar-refractivity contribution is -0.139. The number of para-hydroxylation sites is 1. The Morgan fingerprint density at radius 1 is 0.932 bits per heavy atom. The van der Waals surface area contributed by atoms with Crippen LogP contribution >= 0.6 is 12.2 Å². The second-order valence-corrected chi connectivity index (χ2v) is 10.2. The molecule has 230 valence electrons. The van der Waals surface area contributed by atoms with Gasteiger partial charge in [-0.2, -0.15) is 5.10 Å². The van der Waals surface area contributed by atoms with E-state index in [-0.39, 0.29) is 13.2 Å². The van der Waals surface area contributed by atoms with Gasteiger partial charge in [0.05, 0.1) is 31.0 Å². The molecule has 0 saturated heterocycles. The average Bonchev–Trinajstić information content (AvgIpc) is 3.00. The molecule has 0 aliphatic carbocycles. The largest absolute Gasteiger partial charge is 0.490 e. The molecule has 1 amide bonds. The number of carbonyl (C=O) groups excluding carboxylic acids is 2. The van der Waals surface area contributed by atoms with Crippen molar-refractivity contribution in [2.45, 2.75) is 40.3 Å². The molecule has 3 aromatic carbocycles. The summed E-state index contributed by atoms with van der Waals surface area (Å²) in [6.45, 7) is 8.23. The number of aryl methyl sites for hydroxylation is 1. The SMILES string of the molecule is CCOC(=O)C1=C(C)NC(=S)N[C@@H]1c1ccccc1OCC(=O)NN=Cc1ccc(OCc2ccc(C)cc2)c(OCC)c1. The number of carbonyl (C=O) groups is 2. The van der Waals surface area contributed by atoms with Gasteiger partial charge in [-0.15, -0.1) is 0 Å². The molecule has 0 unspecified atom stereocenters. The zero-order valence-corrected chi connectivity index (χ0v) is 26.0. The number of hydrazone groups is 1. The van der Waals surface area contributed by atoms with Crippen LogP contribution in [0.2, 0.25) is 0 Å². The van der Waals surface area contributed by atoms with Crippen LogP contribution in [0.15, 0.2) is 83.1 Å². The third-order valence-electron chi connectivity index (χ3n) is 6.54. The van der Waals surface area contributed by atoms with Gasteiger partial charge in [-0.05, 0) is 75.3 Å². The number of esters is 1. The molecular weight excluding hydrogens is 580 g/mol. The highest BCUT2D eigenvalue weighted by atomic mass is 32.1. The van der Waals surface area contributed by atoms with E-state index in [9.17, 15) is 9.59 Å². The van der Waals surface area contributed by atoms with Crippen molar-refractivity contribution >= 4 is 35.4 Å². The van der Waals surface area contributed by atoms with Crippen LogP contribution in [0.3, 0.4) is 0 Å². The molecule has 44 heavy (non-hydrogen) atoms. The third kappa shape index (κ3) is 8.57. The molecule has 0 bridgehead atoms. The van der Waals surface area contributed by atoms with Crippen molar-refractivity contribution in [2.24, 2.45) is 5.10 Å². The minimum atomic E-state index is -0.622. The lowest BCUT2D eigenvalue weighted by Gasteiger charge is -2.30. The summed E-state index contributed by atoms with van der Waals surface area (Å²) in [5.74, 6) is 0.655. The molecule has 0 spiro atoms. The molecule has 1 heterocycles. The molecule has 10 nitrogen and oxygen atoms in total. The van der Waals surface area contributed by atoms with Crippen LogP contribution in [0.5, 0.6) is 17.2 Å². The third-order valence-corrected chi connectivity index (χ3v) is 6.76. The van der Waals surface area contributed by atoms with E-state index >= 15 is 0 Å². The fourth-order valence-electron chi connectivity index (χ4n) is 4.45. The van der Waals surface area contributed by atoms with Crippen LogP contribution in [0.25, 0.3) is 0 Å². The first-order valence-electron chi connectivity index (χ1n) is 14.2. The van der Waals surface area contributed by atoms with E-state index in [4.69, 9.17) is 31.2 Å². The lowest BCUT2D eigenvalue weighted by Crippen LogP contribution is -2.45. The maximum Gasteiger partial charge on any atom is 0.338 e. The highest BCUT2D eigenvalue weighted by Crippen LogP contribution is 2.33. The van der Waals surface area contributed by atoms with Gasteiger partial charge < -0.3 is 29.6 Å². The fraction of sp³-hybridized carbons (Fsp3) is 0.273. The number of hydrogen-bond acceptors (Lipinski definition) is 8. The molecule has 1 aliphatic heterocycles. The minimum Gasteiger partial charge on any atom is -0.490 e. The molecular formula is C33H36N4O6S. The summed E-state index contributed by atoms with van der Waals surface area (Å²) >= 11 is 5.32. The Morgan fingerprint density at radius 2 is 1.70 bits per heavy atom. The van der Waals surface area contributed by atoms with E-state index in [2.05, 4.69) is 21.2 Å². The number of nitrogens with zero attached hydrogens (tertiary/aromatic N) is 1. The number of rotatable bonds is 13. The molecule has 4 rings (SSSR count). The van der Waals surface area contributed by atoms with E-state index in [1.54, 1.807) is 38.1 Å². The standard InChI is InChI=1S/C33H36N4O6S/c1-5-40-28-17-24(15-16-27(28)42-19-23-13-11-21(3)12-14-23)18-34-37-29(38)20-43-26-10-8-7-9-25(26)31-30(32(39)41-6-2)22(4)35-33(44)36-31/h7-18,31H,5-6,19-20H2,1-4H3,(H,37,38)(H2,35,36,44)/t31-/m1/s1. The quantitative estimate of drug-likeness (QED) is 0.107. The molecule has 3 N–H and O–H groups in total. The number of nitrogens with one attached hydrogen (secondary N) is 3. The van der Waals surface area contributed by atoms with Crippen molar-refractivity contribution in [3.63, 3.8) is 0 Å². The van der Waals surface area contributed by atoms with E-state index in [1.807, 2.05) is 56.3 Å². The molecule has 0 fully saturated rings. The maximum absolute atomic E-state index is 12.8. The van der Waals surface area contributed by atoms with Crippen molar-refractivity contribution in [3.05, 3.63) is 100 Å². The number of allylic oxidation sites excluding steroid dienone is 1. The van der Waals surface area contributed by atoms with Gasteiger partial charge in [0.1, 0.15) is 12.4 Å². The Bertz CT molecular complexity index is 1550. The van der Waals surface area contributed by atoms with E-state index in [0.29, 0.717) is 58.0 Å². The first-order chi connectivity index (χ1) is 21.3. The van der Waals surface area contributed by atoms with Crippen LogP contribution in [0.4, 0.5) is 0 Å². The molecule has 1 atom stereocenters. The monoisotopic (exact) mass is 616 g/mol. The number of ether oxygens (including phenoxy) is 4. The minimum absolute atomic E-state index is 0.227. The lowest BCUT2D eigenvalue weighted by atomic mass is 9.95. The molecule has 0 radical (unpaired) electrons. The highest BCUT2D eigenvalue weighted by Gasteiger charge is 2.32. The second-order valence-electron chi connectivity index (χ2n) is 9.82. The maximum atomic E-state index is 12.8. The summed E-state index contributed by atoms with van der Waals surface area (Å²) in [5.41, 5.74) is 7.02. The van der Waals surface area contributed by atoms with Crippen LogP contribution in [-0.2, 0) is 20.9 Å². The summed E-state index contributed by atoms with van der Waals surface area (Å²) in [7, 11) is 0. The van der Waals surface area contributed by atoms with Crippen LogP contribution in [0, 0.1) is 6.92 Å². The summed E-state index contributed by atoms with van der Waals surface area (Å²) in [6.07, 6.45) is 1.51. The Labute approximate surface area is 262 Å². The van der Waals surface area contributed by atoms with E-state index in [0.717, 1.165) is 5.56 Å². The Hall–Kier alpha value is -4.90. The van der Waals surface area contributed by atoms with Gasteiger partial charge in [0.25, 0.3) is 5.91 Å². The number of benzene rings is 3. The fourth-order valence-corrected chi connectivity index (χ4v) is 4.72. The summed E-state index contributed by atoms with van der Waals surface area (Å²) in [6, 6.07) is 20.1. The van der Waals surface area contributed by atoms with Gasteiger partial charge in [-0.25, -0.2) is 10.2 Å². The Kier molecular flexibility index (Phi) is 11.3. The number of amides is 1. The van der Waals surface area contributed by atoms with Crippen LogP contribution in [-0.4, -0.2) is 43.0 Å². The van der Waals surface area contributed by atoms with Crippen molar-refractivity contribution in [1.82, 2.24) is 16.1 Å². The Morgan fingerprint density at radius 3 is 2.45 bits per heavy atom. The zero-order chi connectivity index (χ0) is 31.5. The topological polar surface area (TPSA) is 120 Å². The predicted molar refractivity (Wildman–Crippen MR) is 172 cm³/mol. The van der Waals surface area contributed by atoms with Crippen molar-refractivity contribution < 1.29 is 28.5 Å². The summed E-state index contributed by atoms with van der Waals surface area (Å²) < 4.78 is 22.9. The van der Waals surface area contributed by atoms with Crippen molar-refractivity contribution in [1.29, 1.82) is 0 Å². The number of thiocarbonyl (C=S) groups is 1. The van der Waals surface area contributed by atoms with Gasteiger partial charge in [-0.1, -0.05) is 48.0 Å². The van der Waals surface area contributed by atoms with Crippen LogP contribution in [0.1, 0.15) is 49.1 Å². The van der Waals surface area contributed by atoms with E-state index in [1.165, 1.54) is 11.8 Å². The van der Waals surface area contributed by atoms with E-state index < -0.39 is 17.9 Å². The normalized spacial score (nSPS) is 14.5. The molecule has 0 aromatic heterocycles. The number of hydrogen-bond donors (Lipinski definition) is 3. The molecule has 1 aliphatic rings. The molecule has 0 saturated carbocycles. The summed E-state index contributed by atoms with van der Waals surface area (Å²) in [4.78, 5) is 25.3. The van der Waals surface area contributed by atoms with Crippen molar-refractivity contribution in [2.75, 3.05) is 19.8 Å². The van der Waals surface area contributed by atoms with Crippen molar-refractivity contribution in [3.8, 4) is 17.2 Å². The molecule has 11 heteroatoms. The van der Waals surface area contributed by atoms with Gasteiger partial charge in [-0.3, -0.25) is 4.79 Å². The van der Waals surface area contributed by atoms with Gasteiger partial charge in [0, 0.05) is 11.3 Å². The summed E-state index contributed by atoms with van der Waals surface area (Å²) in [5, 5.41) is 10.5. The van der Waals surface area contributed by atoms with Crippen LogP contribution < -0.4 is 30.3 Å². The zero-order valence-electron chi connectivity index (χ0n) is 25.1. The van der Waals surface area contributed by atoms with Gasteiger partial charge >= 0.3 is 5.97 Å². The first-order valence-corrected chi connectivity index (χ1v) is 14.6. The molecule has 3 aromatic rings.